The molecule has 2 aliphatic heterocycles. The highest BCUT2D eigenvalue weighted by molar-refractivity contribution is 5.93. The predicted octanol–water partition coefficient (Wildman–Crippen LogP) is 1.78. The summed E-state index contributed by atoms with van der Waals surface area (Å²) >= 11 is 0. The van der Waals surface area contributed by atoms with Gasteiger partial charge in [0.1, 0.15) is 6.10 Å². The van der Waals surface area contributed by atoms with Gasteiger partial charge in [-0.25, -0.2) is 4.79 Å². The van der Waals surface area contributed by atoms with Gasteiger partial charge in [0.2, 0.25) is 0 Å². The van der Waals surface area contributed by atoms with Crippen molar-refractivity contribution >= 4 is 11.8 Å². The maximum Gasteiger partial charge on any atom is 0.334 e. The first-order chi connectivity index (χ1) is 8.96. The molecule has 4 atom stereocenters. The van der Waals surface area contributed by atoms with Crippen molar-refractivity contribution < 1.29 is 19.1 Å². The quantitative estimate of drug-likeness (QED) is 0.493. The summed E-state index contributed by atoms with van der Waals surface area (Å²) in [6, 6.07) is 0. The van der Waals surface area contributed by atoms with Crippen molar-refractivity contribution in [3.8, 4) is 0 Å². The van der Waals surface area contributed by atoms with E-state index in [-0.39, 0.29) is 29.2 Å². The summed E-state index contributed by atoms with van der Waals surface area (Å²) in [5.41, 5.74) is 1.39. The van der Waals surface area contributed by atoms with Gasteiger partial charge in [-0.2, -0.15) is 0 Å². The largest absolute Gasteiger partial charge is 0.454 e. The molecule has 4 unspecified atom stereocenters. The van der Waals surface area contributed by atoms with Gasteiger partial charge in [0, 0.05) is 17.9 Å². The van der Waals surface area contributed by atoms with Gasteiger partial charge in [0.05, 0.1) is 6.61 Å². The molecular formula is C15H18O4. The lowest BCUT2D eigenvalue weighted by atomic mass is 9.54. The molecule has 4 heteroatoms. The lowest BCUT2D eigenvalue weighted by Gasteiger charge is -2.49. The summed E-state index contributed by atoms with van der Waals surface area (Å²) in [5, 5.41) is 0. The SMILES string of the molecule is CC1=C2CC3C(C)(CCC(=O)C34CO4)CC2OC1=O. The van der Waals surface area contributed by atoms with Crippen molar-refractivity contribution in [3.63, 3.8) is 0 Å². The average Bonchev–Trinajstić information content (AvgIpc) is 3.10. The van der Waals surface area contributed by atoms with E-state index in [9.17, 15) is 9.59 Å². The minimum atomic E-state index is -0.531. The van der Waals surface area contributed by atoms with Crippen molar-refractivity contribution in [1.82, 2.24) is 0 Å². The zero-order chi connectivity index (χ0) is 13.4. The molecule has 2 aliphatic carbocycles. The maximum atomic E-state index is 12.2. The lowest BCUT2D eigenvalue weighted by Crippen LogP contribution is -2.52. The van der Waals surface area contributed by atoms with Gasteiger partial charge in [0.25, 0.3) is 0 Å². The summed E-state index contributed by atoms with van der Waals surface area (Å²) in [6.45, 7) is 4.63. The van der Waals surface area contributed by atoms with Crippen LogP contribution < -0.4 is 0 Å². The number of hydrogen-bond acceptors (Lipinski definition) is 4. The minimum Gasteiger partial charge on any atom is -0.454 e. The van der Waals surface area contributed by atoms with Crippen molar-refractivity contribution in [2.45, 2.75) is 51.2 Å². The summed E-state index contributed by atoms with van der Waals surface area (Å²) in [6.07, 6.45) is 3.06. The van der Waals surface area contributed by atoms with Crippen LogP contribution in [0, 0.1) is 11.3 Å². The smallest absolute Gasteiger partial charge is 0.334 e. The van der Waals surface area contributed by atoms with Crippen LogP contribution in [0.5, 0.6) is 0 Å². The molecule has 2 saturated carbocycles. The number of hydrogen-bond donors (Lipinski definition) is 0. The number of ketones is 1. The van der Waals surface area contributed by atoms with Gasteiger partial charge >= 0.3 is 5.97 Å². The molecule has 4 aliphatic rings. The van der Waals surface area contributed by atoms with Crippen molar-refractivity contribution in [3.05, 3.63) is 11.1 Å². The molecule has 0 amide bonds. The zero-order valence-corrected chi connectivity index (χ0v) is 11.3. The normalized spacial score (nSPS) is 48.1. The van der Waals surface area contributed by atoms with Crippen LogP contribution in [0.15, 0.2) is 11.1 Å². The second kappa shape index (κ2) is 3.29. The molecule has 4 rings (SSSR count). The van der Waals surface area contributed by atoms with Gasteiger partial charge in [-0.3, -0.25) is 4.79 Å². The van der Waals surface area contributed by atoms with Crippen LogP contribution in [-0.2, 0) is 19.1 Å². The molecule has 0 aromatic rings. The van der Waals surface area contributed by atoms with Gasteiger partial charge in [-0.15, -0.1) is 0 Å². The molecule has 19 heavy (non-hydrogen) atoms. The van der Waals surface area contributed by atoms with E-state index in [1.807, 2.05) is 6.92 Å². The van der Waals surface area contributed by atoms with Gasteiger partial charge < -0.3 is 9.47 Å². The summed E-state index contributed by atoms with van der Waals surface area (Å²) < 4.78 is 11.1. The van der Waals surface area contributed by atoms with Crippen LogP contribution in [-0.4, -0.2) is 30.1 Å². The standard InChI is InChI=1S/C15H18O4/c1-8-9-5-11-14(2,6-10(9)19-13(8)17)4-3-12(16)15(11)7-18-15/h10-11H,3-7H2,1-2H3. The van der Waals surface area contributed by atoms with Crippen LogP contribution in [0.3, 0.4) is 0 Å². The summed E-state index contributed by atoms with van der Waals surface area (Å²) in [7, 11) is 0. The van der Waals surface area contributed by atoms with Crippen LogP contribution in [0.2, 0.25) is 0 Å². The van der Waals surface area contributed by atoms with E-state index < -0.39 is 5.60 Å². The maximum absolute atomic E-state index is 12.2. The van der Waals surface area contributed by atoms with E-state index >= 15 is 0 Å². The fraction of sp³-hybridized carbons (Fsp3) is 0.733. The molecule has 0 radical (unpaired) electrons. The average molecular weight is 262 g/mol. The molecule has 1 saturated heterocycles. The Bertz CT molecular complexity index is 528. The topological polar surface area (TPSA) is 55.9 Å². The minimum absolute atomic E-state index is 0.0576. The molecule has 0 N–H and O–H groups in total. The predicted molar refractivity (Wildman–Crippen MR) is 66.3 cm³/mol. The first kappa shape index (κ1) is 11.6. The highest BCUT2D eigenvalue weighted by Gasteiger charge is 2.67. The van der Waals surface area contributed by atoms with E-state index in [0.717, 1.165) is 30.4 Å². The Morgan fingerprint density at radius 2 is 2.05 bits per heavy atom. The zero-order valence-electron chi connectivity index (χ0n) is 11.3. The Hall–Kier alpha value is -1.16. The number of fused-ring (bicyclic) bond motifs is 3. The Labute approximate surface area is 112 Å². The number of Topliss-reactive ketones (excluding diaryl/α,β-unsaturated/α-hetero) is 1. The van der Waals surface area contributed by atoms with Gasteiger partial charge in [0.15, 0.2) is 11.4 Å². The van der Waals surface area contributed by atoms with Crippen LogP contribution in [0.25, 0.3) is 0 Å². The van der Waals surface area contributed by atoms with Crippen LogP contribution in [0.4, 0.5) is 0 Å². The first-order valence-electron chi connectivity index (χ1n) is 7.04. The van der Waals surface area contributed by atoms with Crippen molar-refractivity contribution in [2.75, 3.05) is 6.61 Å². The number of esters is 1. The van der Waals surface area contributed by atoms with Crippen molar-refractivity contribution in [2.24, 2.45) is 11.3 Å². The third-order valence-corrected chi connectivity index (χ3v) is 5.76. The Morgan fingerprint density at radius 3 is 2.74 bits per heavy atom. The lowest BCUT2D eigenvalue weighted by molar-refractivity contribution is -0.146. The molecule has 1 spiro atoms. The van der Waals surface area contributed by atoms with Crippen LogP contribution >= 0.6 is 0 Å². The van der Waals surface area contributed by atoms with E-state index in [4.69, 9.17) is 9.47 Å². The summed E-state index contributed by atoms with van der Waals surface area (Å²) in [5.74, 6) is 0.299. The molecule has 102 valence electrons. The highest BCUT2D eigenvalue weighted by Crippen LogP contribution is 2.60. The van der Waals surface area contributed by atoms with E-state index in [2.05, 4.69) is 6.92 Å². The Kier molecular flexibility index (Phi) is 2.02. The Balaban J connectivity index is 1.76. The molecule has 2 heterocycles. The van der Waals surface area contributed by atoms with Gasteiger partial charge in [-0.1, -0.05) is 6.92 Å². The molecule has 0 bridgehead atoms. The Morgan fingerprint density at radius 1 is 1.32 bits per heavy atom. The number of ether oxygens (including phenoxy) is 2. The summed E-state index contributed by atoms with van der Waals surface area (Å²) in [4.78, 5) is 23.9. The molecule has 0 aromatic heterocycles. The molecular weight excluding hydrogens is 244 g/mol. The number of epoxide rings is 1. The molecule has 4 nitrogen and oxygen atoms in total. The number of carbonyl (C=O) groups excluding carboxylic acids is 2. The van der Waals surface area contributed by atoms with E-state index in [1.54, 1.807) is 0 Å². The molecule has 0 aromatic carbocycles. The van der Waals surface area contributed by atoms with E-state index in [0.29, 0.717) is 13.0 Å². The highest BCUT2D eigenvalue weighted by atomic mass is 16.6. The van der Waals surface area contributed by atoms with E-state index in [1.165, 1.54) is 0 Å². The monoisotopic (exact) mass is 262 g/mol. The number of rotatable bonds is 0. The fourth-order valence-corrected chi connectivity index (χ4v) is 4.39. The first-order valence-corrected chi connectivity index (χ1v) is 7.04. The third-order valence-electron chi connectivity index (χ3n) is 5.76. The molecule has 3 fully saturated rings. The second-order valence-electron chi connectivity index (χ2n) is 6.76. The van der Waals surface area contributed by atoms with Crippen LogP contribution in [0.1, 0.15) is 39.5 Å². The van der Waals surface area contributed by atoms with Gasteiger partial charge in [-0.05, 0) is 37.2 Å². The third kappa shape index (κ3) is 1.33. The second-order valence-corrected chi connectivity index (χ2v) is 6.76. The van der Waals surface area contributed by atoms with Crippen molar-refractivity contribution in [1.29, 1.82) is 0 Å². The fourth-order valence-electron chi connectivity index (χ4n) is 4.39. The number of carbonyl (C=O) groups is 2.